The van der Waals surface area contributed by atoms with Crippen molar-refractivity contribution in [3.8, 4) is 0 Å². The van der Waals surface area contributed by atoms with E-state index >= 15 is 0 Å². The number of nitrogens with zero attached hydrogens (tertiary/aromatic N) is 4. The van der Waals surface area contributed by atoms with E-state index in [9.17, 15) is 0 Å². The van der Waals surface area contributed by atoms with Crippen molar-refractivity contribution in [3.05, 3.63) is 12.2 Å². The molecule has 6 nitrogen and oxygen atoms in total. The molecule has 2 atom stereocenters. The van der Waals surface area contributed by atoms with Gasteiger partial charge < -0.3 is 10.1 Å². The van der Waals surface area contributed by atoms with Crippen molar-refractivity contribution in [2.24, 2.45) is 7.05 Å². The number of morpholine rings is 1. The number of ether oxygens (including phenoxy) is 1. The Morgan fingerprint density at radius 3 is 3.00 bits per heavy atom. The van der Waals surface area contributed by atoms with E-state index in [2.05, 4.69) is 34.1 Å². The first kappa shape index (κ1) is 15.4. The number of hydrogen-bond donors (Lipinski definition) is 1. The number of aromatic nitrogens is 3. The van der Waals surface area contributed by atoms with Crippen LogP contribution in [0, 0.1) is 0 Å². The zero-order valence-electron chi connectivity index (χ0n) is 12.9. The SMILES string of the molecule is CCCNC(Cc1ncnn1C)C1CN(CC)CCO1. The summed E-state index contributed by atoms with van der Waals surface area (Å²) in [7, 11) is 1.94. The lowest BCUT2D eigenvalue weighted by Crippen LogP contribution is -2.53. The standard InChI is InChI=1S/C14H27N5O/c1-4-6-15-12(9-14-16-11-17-18(14)3)13-10-19(5-2)7-8-20-13/h11-13,15H,4-10H2,1-3H3. The van der Waals surface area contributed by atoms with Crippen LogP contribution < -0.4 is 5.32 Å². The lowest BCUT2D eigenvalue weighted by molar-refractivity contribution is -0.0451. The second kappa shape index (κ2) is 7.71. The highest BCUT2D eigenvalue weighted by molar-refractivity contribution is 4.94. The molecular formula is C14H27N5O. The topological polar surface area (TPSA) is 55.2 Å². The molecule has 2 heterocycles. The van der Waals surface area contributed by atoms with E-state index in [0.29, 0.717) is 6.04 Å². The first-order valence-corrected chi connectivity index (χ1v) is 7.64. The molecule has 20 heavy (non-hydrogen) atoms. The zero-order valence-corrected chi connectivity index (χ0v) is 12.9. The molecule has 0 aromatic carbocycles. The number of rotatable bonds is 7. The maximum atomic E-state index is 6.00. The highest BCUT2D eigenvalue weighted by atomic mass is 16.5. The van der Waals surface area contributed by atoms with Crippen molar-refractivity contribution in [3.63, 3.8) is 0 Å². The summed E-state index contributed by atoms with van der Waals surface area (Å²) in [5.41, 5.74) is 0. The monoisotopic (exact) mass is 281 g/mol. The number of hydrogen-bond acceptors (Lipinski definition) is 5. The predicted molar refractivity (Wildman–Crippen MR) is 78.6 cm³/mol. The van der Waals surface area contributed by atoms with Gasteiger partial charge in [-0.3, -0.25) is 9.58 Å². The minimum atomic E-state index is 0.229. The fourth-order valence-electron chi connectivity index (χ4n) is 2.63. The normalized spacial score (nSPS) is 22.1. The van der Waals surface area contributed by atoms with Crippen molar-refractivity contribution < 1.29 is 4.74 Å². The van der Waals surface area contributed by atoms with Gasteiger partial charge >= 0.3 is 0 Å². The average molecular weight is 281 g/mol. The molecule has 1 N–H and O–H groups in total. The fourth-order valence-corrected chi connectivity index (χ4v) is 2.63. The Balaban J connectivity index is 2.00. The van der Waals surface area contributed by atoms with Gasteiger partial charge in [-0.25, -0.2) is 4.98 Å². The molecule has 1 aliphatic rings. The smallest absolute Gasteiger partial charge is 0.138 e. The summed E-state index contributed by atoms with van der Waals surface area (Å²) in [5.74, 6) is 1.01. The van der Waals surface area contributed by atoms with E-state index in [-0.39, 0.29) is 6.10 Å². The number of likely N-dealkylation sites (N-methyl/N-ethyl adjacent to an activating group) is 1. The molecule has 2 rings (SSSR count). The molecule has 0 spiro atoms. The van der Waals surface area contributed by atoms with Gasteiger partial charge in [0.05, 0.1) is 12.7 Å². The van der Waals surface area contributed by atoms with Crippen LogP contribution in [0.3, 0.4) is 0 Å². The fraction of sp³-hybridized carbons (Fsp3) is 0.857. The summed E-state index contributed by atoms with van der Waals surface area (Å²) >= 11 is 0. The summed E-state index contributed by atoms with van der Waals surface area (Å²) in [6.45, 7) is 9.35. The van der Waals surface area contributed by atoms with Crippen molar-refractivity contribution >= 4 is 0 Å². The number of aryl methyl sites for hydroxylation is 1. The van der Waals surface area contributed by atoms with Crippen LogP contribution in [0.1, 0.15) is 26.1 Å². The molecule has 1 aliphatic heterocycles. The van der Waals surface area contributed by atoms with Crippen LogP contribution in [0.15, 0.2) is 6.33 Å². The third-order valence-corrected chi connectivity index (χ3v) is 3.94. The second-order valence-electron chi connectivity index (χ2n) is 5.37. The van der Waals surface area contributed by atoms with E-state index < -0.39 is 0 Å². The van der Waals surface area contributed by atoms with Gasteiger partial charge in [-0.05, 0) is 19.5 Å². The largest absolute Gasteiger partial charge is 0.374 e. The summed E-state index contributed by atoms with van der Waals surface area (Å²) in [6.07, 6.45) is 3.83. The predicted octanol–water partition coefficient (Wildman–Crippen LogP) is 0.447. The second-order valence-corrected chi connectivity index (χ2v) is 5.37. The summed E-state index contributed by atoms with van der Waals surface area (Å²) in [4.78, 5) is 6.79. The molecule has 1 saturated heterocycles. The molecule has 0 aliphatic carbocycles. The van der Waals surface area contributed by atoms with Gasteiger partial charge in [0.25, 0.3) is 0 Å². The Hall–Kier alpha value is -0.980. The molecular weight excluding hydrogens is 254 g/mol. The lowest BCUT2D eigenvalue weighted by atomic mass is 10.0. The average Bonchev–Trinajstić information content (AvgIpc) is 2.88. The van der Waals surface area contributed by atoms with Gasteiger partial charge in [0.15, 0.2) is 0 Å². The molecule has 1 aromatic heterocycles. The van der Waals surface area contributed by atoms with Crippen molar-refractivity contribution in [1.29, 1.82) is 0 Å². The van der Waals surface area contributed by atoms with Crippen LogP contribution in [0.5, 0.6) is 0 Å². The van der Waals surface area contributed by atoms with E-state index in [1.165, 1.54) is 0 Å². The lowest BCUT2D eigenvalue weighted by Gasteiger charge is -2.36. The van der Waals surface area contributed by atoms with Gasteiger partial charge in [0, 0.05) is 32.6 Å². The Morgan fingerprint density at radius 2 is 2.35 bits per heavy atom. The van der Waals surface area contributed by atoms with Gasteiger partial charge in [-0.2, -0.15) is 5.10 Å². The Morgan fingerprint density at radius 1 is 1.50 bits per heavy atom. The Bertz CT molecular complexity index is 395. The molecule has 6 heteroatoms. The maximum absolute atomic E-state index is 6.00. The van der Waals surface area contributed by atoms with Crippen molar-refractivity contribution in [2.45, 2.75) is 38.8 Å². The molecule has 0 radical (unpaired) electrons. The highest BCUT2D eigenvalue weighted by Crippen LogP contribution is 2.12. The Kier molecular flexibility index (Phi) is 5.94. The van der Waals surface area contributed by atoms with E-state index in [1.807, 2.05) is 11.7 Å². The highest BCUT2D eigenvalue weighted by Gasteiger charge is 2.28. The van der Waals surface area contributed by atoms with Gasteiger partial charge in [-0.15, -0.1) is 0 Å². The van der Waals surface area contributed by atoms with Crippen LogP contribution >= 0.6 is 0 Å². The molecule has 2 unspecified atom stereocenters. The van der Waals surface area contributed by atoms with E-state index in [0.717, 1.165) is 51.5 Å². The molecule has 0 bridgehead atoms. The first-order chi connectivity index (χ1) is 9.74. The number of nitrogens with one attached hydrogen (secondary N) is 1. The van der Waals surface area contributed by atoms with E-state index in [4.69, 9.17) is 4.74 Å². The van der Waals surface area contributed by atoms with Crippen LogP contribution in [0.25, 0.3) is 0 Å². The van der Waals surface area contributed by atoms with Crippen LogP contribution in [0.4, 0.5) is 0 Å². The molecule has 1 aromatic rings. The first-order valence-electron chi connectivity index (χ1n) is 7.64. The van der Waals surface area contributed by atoms with E-state index in [1.54, 1.807) is 6.33 Å². The minimum Gasteiger partial charge on any atom is -0.374 e. The van der Waals surface area contributed by atoms with Gasteiger partial charge in [0.2, 0.25) is 0 Å². The maximum Gasteiger partial charge on any atom is 0.138 e. The zero-order chi connectivity index (χ0) is 14.4. The molecule has 0 saturated carbocycles. The molecule has 0 amide bonds. The van der Waals surface area contributed by atoms with Crippen LogP contribution in [-0.4, -0.2) is 64.6 Å². The van der Waals surface area contributed by atoms with Gasteiger partial charge in [-0.1, -0.05) is 13.8 Å². The molecule has 1 fully saturated rings. The van der Waals surface area contributed by atoms with Gasteiger partial charge in [0.1, 0.15) is 12.2 Å². The molecule has 114 valence electrons. The third-order valence-electron chi connectivity index (χ3n) is 3.94. The summed E-state index contributed by atoms with van der Waals surface area (Å²) in [6, 6.07) is 0.298. The summed E-state index contributed by atoms with van der Waals surface area (Å²) in [5, 5.41) is 7.77. The minimum absolute atomic E-state index is 0.229. The summed E-state index contributed by atoms with van der Waals surface area (Å²) < 4.78 is 7.84. The van der Waals surface area contributed by atoms with Crippen molar-refractivity contribution in [1.82, 2.24) is 25.0 Å². The van der Waals surface area contributed by atoms with Crippen LogP contribution in [0.2, 0.25) is 0 Å². The Labute approximate surface area is 121 Å². The quantitative estimate of drug-likeness (QED) is 0.786. The van der Waals surface area contributed by atoms with Crippen LogP contribution in [-0.2, 0) is 18.2 Å². The van der Waals surface area contributed by atoms with Crippen molar-refractivity contribution in [2.75, 3.05) is 32.8 Å². The third kappa shape index (κ3) is 4.01.